The number of aryl methyl sites for hydroxylation is 1. The lowest BCUT2D eigenvalue weighted by molar-refractivity contribution is -0.119. The number of benzene rings is 2. The second-order valence-electron chi connectivity index (χ2n) is 7.59. The highest BCUT2D eigenvalue weighted by molar-refractivity contribution is 7.98. The second-order valence-corrected chi connectivity index (χ2v) is 10.6. The number of sulfonamides is 1. The first-order chi connectivity index (χ1) is 16.4. The topological polar surface area (TPSA) is 88.9 Å². The van der Waals surface area contributed by atoms with Crippen molar-refractivity contribution < 1.29 is 22.4 Å². The van der Waals surface area contributed by atoms with E-state index in [4.69, 9.17) is 9.15 Å². The predicted molar refractivity (Wildman–Crippen MR) is 136 cm³/mol. The normalized spacial score (nSPS) is 11.2. The van der Waals surface area contributed by atoms with Crippen LogP contribution in [0, 0.1) is 6.92 Å². The highest BCUT2D eigenvalue weighted by Gasteiger charge is 2.27. The van der Waals surface area contributed by atoms with E-state index in [2.05, 4.69) is 5.32 Å². The van der Waals surface area contributed by atoms with E-state index in [1.807, 2.05) is 38.1 Å². The first kappa shape index (κ1) is 25.7. The molecule has 0 aliphatic carbocycles. The molecule has 0 bridgehead atoms. The van der Waals surface area contributed by atoms with Crippen molar-refractivity contribution in [2.24, 2.45) is 0 Å². The van der Waals surface area contributed by atoms with Gasteiger partial charge in [0.2, 0.25) is 5.91 Å². The Labute approximate surface area is 205 Å². The van der Waals surface area contributed by atoms with Crippen molar-refractivity contribution in [2.75, 3.05) is 29.8 Å². The lowest BCUT2D eigenvalue weighted by Crippen LogP contribution is -2.41. The van der Waals surface area contributed by atoms with E-state index >= 15 is 0 Å². The Kier molecular flexibility index (Phi) is 9.47. The van der Waals surface area contributed by atoms with E-state index in [0.29, 0.717) is 24.6 Å². The third-order valence-electron chi connectivity index (χ3n) is 4.94. The minimum absolute atomic E-state index is 0.0960. The van der Waals surface area contributed by atoms with Crippen molar-refractivity contribution in [3.63, 3.8) is 0 Å². The van der Waals surface area contributed by atoms with Gasteiger partial charge in [-0.3, -0.25) is 9.10 Å². The number of hydrogen-bond donors (Lipinski definition) is 1. The van der Waals surface area contributed by atoms with E-state index in [0.717, 1.165) is 33.6 Å². The molecule has 0 radical (unpaired) electrons. The highest BCUT2D eigenvalue weighted by atomic mass is 32.2. The van der Waals surface area contributed by atoms with E-state index in [-0.39, 0.29) is 17.3 Å². The third-order valence-corrected chi connectivity index (χ3v) is 7.80. The monoisotopic (exact) mass is 502 g/mol. The van der Waals surface area contributed by atoms with Crippen LogP contribution in [0.5, 0.6) is 5.75 Å². The standard InChI is InChI=1S/C25H30N2O5S2/c1-3-31-22-11-13-24(14-12-22)34(29,30)27(21-9-7-20(2)8-10-21)18-25(28)26-15-5-17-33-19-23-6-4-16-32-23/h4,6-14,16H,3,5,15,17-19H2,1-2H3,(H,26,28). The SMILES string of the molecule is CCOc1ccc(S(=O)(=O)N(CC(=O)NCCCSCc2ccco2)c2ccc(C)cc2)cc1. The lowest BCUT2D eigenvalue weighted by Gasteiger charge is -2.24. The van der Waals surface area contributed by atoms with Gasteiger partial charge in [-0.05, 0) is 74.6 Å². The summed E-state index contributed by atoms with van der Waals surface area (Å²) < 4.78 is 38.7. The molecule has 3 aromatic rings. The first-order valence-electron chi connectivity index (χ1n) is 11.1. The Balaban J connectivity index is 1.63. The fourth-order valence-corrected chi connectivity index (χ4v) is 5.46. The molecule has 0 aliphatic heterocycles. The van der Waals surface area contributed by atoms with E-state index in [1.54, 1.807) is 42.3 Å². The number of rotatable bonds is 13. The molecule has 0 atom stereocenters. The predicted octanol–water partition coefficient (Wildman–Crippen LogP) is 4.62. The Morgan fingerprint density at radius 2 is 1.82 bits per heavy atom. The Morgan fingerprint density at radius 3 is 2.47 bits per heavy atom. The van der Waals surface area contributed by atoms with Gasteiger partial charge in [0.25, 0.3) is 10.0 Å². The van der Waals surface area contributed by atoms with Crippen LogP contribution in [0.1, 0.15) is 24.7 Å². The molecule has 0 saturated carbocycles. The number of ether oxygens (including phenoxy) is 1. The van der Waals surface area contributed by atoms with E-state index in [1.165, 1.54) is 12.1 Å². The number of carbonyl (C=O) groups is 1. The molecule has 0 fully saturated rings. The highest BCUT2D eigenvalue weighted by Crippen LogP contribution is 2.25. The molecule has 34 heavy (non-hydrogen) atoms. The summed E-state index contributed by atoms with van der Waals surface area (Å²) in [5, 5.41) is 2.84. The number of furan rings is 1. The second kappa shape index (κ2) is 12.5. The summed E-state index contributed by atoms with van der Waals surface area (Å²) in [5.74, 6) is 2.79. The Hall–Kier alpha value is -2.91. The summed E-state index contributed by atoms with van der Waals surface area (Å²) in [6.07, 6.45) is 2.42. The van der Waals surface area contributed by atoms with Gasteiger partial charge < -0.3 is 14.5 Å². The molecule has 0 saturated heterocycles. The minimum Gasteiger partial charge on any atom is -0.494 e. The van der Waals surface area contributed by atoms with Gasteiger partial charge in [0.15, 0.2) is 0 Å². The zero-order valence-corrected chi connectivity index (χ0v) is 21.0. The molecule has 182 valence electrons. The zero-order chi connectivity index (χ0) is 24.4. The van der Waals surface area contributed by atoms with Gasteiger partial charge in [0.05, 0.1) is 29.2 Å². The average Bonchev–Trinajstić information content (AvgIpc) is 3.34. The summed E-state index contributed by atoms with van der Waals surface area (Å²) in [6.45, 7) is 4.43. The van der Waals surface area contributed by atoms with Crippen LogP contribution < -0.4 is 14.4 Å². The quantitative estimate of drug-likeness (QED) is 0.343. The van der Waals surface area contributed by atoms with Crippen molar-refractivity contribution in [1.82, 2.24) is 5.32 Å². The maximum Gasteiger partial charge on any atom is 0.264 e. The molecule has 7 nitrogen and oxygen atoms in total. The van der Waals surface area contributed by atoms with E-state index in [9.17, 15) is 13.2 Å². The lowest BCUT2D eigenvalue weighted by atomic mass is 10.2. The smallest absolute Gasteiger partial charge is 0.264 e. The number of nitrogens with one attached hydrogen (secondary N) is 1. The molecule has 9 heteroatoms. The molecular weight excluding hydrogens is 472 g/mol. The zero-order valence-electron chi connectivity index (χ0n) is 19.4. The van der Waals surface area contributed by atoms with Gasteiger partial charge >= 0.3 is 0 Å². The molecule has 1 aromatic heterocycles. The molecule has 2 aromatic carbocycles. The first-order valence-corrected chi connectivity index (χ1v) is 13.7. The summed E-state index contributed by atoms with van der Waals surface area (Å²) in [6, 6.07) is 17.1. The number of thioether (sulfide) groups is 1. The van der Waals surface area contributed by atoms with Gasteiger partial charge in [-0.15, -0.1) is 0 Å². The van der Waals surface area contributed by atoms with Gasteiger partial charge in [-0.2, -0.15) is 11.8 Å². The average molecular weight is 503 g/mol. The van der Waals surface area contributed by atoms with Gasteiger partial charge in [0, 0.05) is 6.54 Å². The minimum atomic E-state index is -3.96. The molecule has 0 unspecified atom stereocenters. The van der Waals surface area contributed by atoms with Crippen molar-refractivity contribution in [3.8, 4) is 5.75 Å². The maximum absolute atomic E-state index is 13.4. The number of anilines is 1. The fourth-order valence-electron chi connectivity index (χ4n) is 3.18. The van der Waals surface area contributed by atoms with Crippen molar-refractivity contribution in [2.45, 2.75) is 30.9 Å². The van der Waals surface area contributed by atoms with Crippen LogP contribution >= 0.6 is 11.8 Å². The van der Waals surface area contributed by atoms with Crippen LogP contribution in [0.25, 0.3) is 0 Å². The van der Waals surface area contributed by atoms with Gasteiger partial charge in [-0.1, -0.05) is 17.7 Å². The Bertz CT molecular complexity index is 1130. The maximum atomic E-state index is 13.4. The molecule has 0 spiro atoms. The van der Waals surface area contributed by atoms with Crippen LogP contribution in [0.3, 0.4) is 0 Å². The number of carbonyl (C=O) groups excluding carboxylic acids is 1. The molecular formula is C25H30N2O5S2. The van der Waals surface area contributed by atoms with Crippen LogP contribution in [-0.2, 0) is 20.6 Å². The number of hydrogen-bond acceptors (Lipinski definition) is 6. The van der Waals surface area contributed by atoms with Crippen molar-refractivity contribution in [1.29, 1.82) is 0 Å². The molecule has 1 N–H and O–H groups in total. The summed E-state index contributed by atoms with van der Waals surface area (Å²) in [5.41, 5.74) is 1.43. The molecule has 0 aliphatic rings. The van der Waals surface area contributed by atoms with Crippen molar-refractivity contribution >= 4 is 33.4 Å². The summed E-state index contributed by atoms with van der Waals surface area (Å²) in [7, 11) is -3.96. The van der Waals surface area contributed by atoms with Crippen LogP contribution in [0.2, 0.25) is 0 Å². The molecule has 3 rings (SSSR count). The fraction of sp³-hybridized carbons (Fsp3) is 0.320. The Morgan fingerprint density at radius 1 is 1.09 bits per heavy atom. The van der Waals surface area contributed by atoms with Crippen LogP contribution in [0.15, 0.2) is 76.2 Å². The molecule has 1 amide bonds. The summed E-state index contributed by atoms with van der Waals surface area (Å²) in [4.78, 5) is 12.8. The number of nitrogens with zero attached hydrogens (tertiary/aromatic N) is 1. The summed E-state index contributed by atoms with van der Waals surface area (Å²) >= 11 is 1.72. The number of amides is 1. The van der Waals surface area contributed by atoms with Gasteiger partial charge in [0.1, 0.15) is 18.1 Å². The molecule has 1 heterocycles. The third kappa shape index (κ3) is 7.30. The van der Waals surface area contributed by atoms with Crippen LogP contribution in [0.4, 0.5) is 5.69 Å². The van der Waals surface area contributed by atoms with Crippen LogP contribution in [-0.4, -0.2) is 39.8 Å². The van der Waals surface area contributed by atoms with E-state index < -0.39 is 10.0 Å². The largest absolute Gasteiger partial charge is 0.494 e. The van der Waals surface area contributed by atoms with Crippen molar-refractivity contribution in [3.05, 3.63) is 78.3 Å². The van der Waals surface area contributed by atoms with Gasteiger partial charge in [-0.25, -0.2) is 8.42 Å².